The Balaban J connectivity index is 2.18. The minimum absolute atomic E-state index is 0.263. The molecular formula is C13H15NS. The Hall–Kier alpha value is -1.12. The van der Waals surface area contributed by atoms with Crippen LogP contribution in [0, 0.1) is 0 Å². The van der Waals surface area contributed by atoms with Gasteiger partial charge in [-0.3, -0.25) is 0 Å². The van der Waals surface area contributed by atoms with Crippen molar-refractivity contribution in [3.8, 4) is 0 Å². The van der Waals surface area contributed by atoms with Gasteiger partial charge in [-0.25, -0.2) is 0 Å². The lowest BCUT2D eigenvalue weighted by molar-refractivity contribution is 0.493. The largest absolute Gasteiger partial charge is 0.321 e. The van der Waals surface area contributed by atoms with E-state index >= 15 is 0 Å². The van der Waals surface area contributed by atoms with Crippen LogP contribution in [0.2, 0.25) is 0 Å². The lowest BCUT2D eigenvalue weighted by Gasteiger charge is -2.23. The van der Waals surface area contributed by atoms with Gasteiger partial charge >= 0.3 is 0 Å². The highest BCUT2D eigenvalue weighted by Gasteiger charge is 2.21. The fraction of sp³-hybridized carbons (Fsp3) is 0.231. The third kappa shape index (κ3) is 2.46. The number of benzene rings is 1. The van der Waals surface area contributed by atoms with E-state index in [1.807, 2.05) is 6.07 Å². The normalized spacial score (nSPS) is 14.8. The summed E-state index contributed by atoms with van der Waals surface area (Å²) in [6.45, 7) is 2.09. The molecule has 15 heavy (non-hydrogen) atoms. The van der Waals surface area contributed by atoms with E-state index in [0.717, 1.165) is 6.42 Å². The highest BCUT2D eigenvalue weighted by molar-refractivity contribution is 7.08. The molecule has 2 aromatic rings. The van der Waals surface area contributed by atoms with Crippen LogP contribution >= 0.6 is 11.3 Å². The van der Waals surface area contributed by atoms with E-state index in [-0.39, 0.29) is 5.54 Å². The van der Waals surface area contributed by atoms with Crippen molar-refractivity contribution in [3.05, 3.63) is 58.3 Å². The minimum Gasteiger partial charge on any atom is -0.321 e. The summed E-state index contributed by atoms with van der Waals surface area (Å²) in [5.41, 5.74) is 8.56. The zero-order chi connectivity index (χ0) is 10.7. The Bertz CT molecular complexity index is 403. The van der Waals surface area contributed by atoms with Crippen molar-refractivity contribution < 1.29 is 0 Å². The fourth-order valence-corrected chi connectivity index (χ4v) is 2.51. The Labute approximate surface area is 94.6 Å². The van der Waals surface area contributed by atoms with Gasteiger partial charge in [0, 0.05) is 5.54 Å². The second kappa shape index (κ2) is 4.17. The molecule has 1 atom stereocenters. The van der Waals surface area contributed by atoms with Crippen molar-refractivity contribution in [3.63, 3.8) is 0 Å². The quantitative estimate of drug-likeness (QED) is 0.839. The Morgan fingerprint density at radius 3 is 2.53 bits per heavy atom. The molecule has 0 fully saturated rings. The zero-order valence-electron chi connectivity index (χ0n) is 8.81. The Kier molecular flexibility index (Phi) is 2.89. The average Bonchev–Trinajstić information content (AvgIpc) is 2.71. The molecule has 0 aliphatic carbocycles. The van der Waals surface area contributed by atoms with Crippen LogP contribution in [0.25, 0.3) is 0 Å². The third-order valence-corrected chi connectivity index (χ3v) is 3.28. The molecule has 0 bridgehead atoms. The molecule has 0 aliphatic rings. The molecule has 0 spiro atoms. The summed E-state index contributed by atoms with van der Waals surface area (Å²) in [5.74, 6) is 0. The van der Waals surface area contributed by atoms with Crippen molar-refractivity contribution in [2.75, 3.05) is 0 Å². The number of thiophene rings is 1. The summed E-state index contributed by atoms with van der Waals surface area (Å²) in [7, 11) is 0. The van der Waals surface area contributed by atoms with E-state index in [9.17, 15) is 0 Å². The van der Waals surface area contributed by atoms with Gasteiger partial charge in [0.2, 0.25) is 0 Å². The standard InChI is InChI=1S/C13H15NS/c1-13(14,12-7-8-15-10-12)9-11-5-3-2-4-6-11/h2-8,10H,9,14H2,1H3. The summed E-state index contributed by atoms with van der Waals surface area (Å²) in [5, 5.41) is 4.20. The van der Waals surface area contributed by atoms with Crippen LogP contribution in [0.3, 0.4) is 0 Å². The average molecular weight is 217 g/mol. The zero-order valence-corrected chi connectivity index (χ0v) is 9.63. The number of hydrogen-bond acceptors (Lipinski definition) is 2. The second-order valence-corrected chi connectivity index (χ2v) is 4.87. The van der Waals surface area contributed by atoms with Crippen molar-refractivity contribution in [1.82, 2.24) is 0 Å². The predicted octanol–water partition coefficient (Wildman–Crippen LogP) is 3.16. The second-order valence-electron chi connectivity index (χ2n) is 4.09. The molecule has 0 amide bonds. The van der Waals surface area contributed by atoms with Crippen LogP contribution < -0.4 is 5.73 Å². The van der Waals surface area contributed by atoms with E-state index in [4.69, 9.17) is 5.73 Å². The van der Waals surface area contributed by atoms with E-state index in [0.29, 0.717) is 0 Å². The van der Waals surface area contributed by atoms with Crippen LogP contribution in [0.4, 0.5) is 0 Å². The van der Waals surface area contributed by atoms with E-state index in [1.165, 1.54) is 11.1 Å². The SMILES string of the molecule is CC(N)(Cc1ccccc1)c1ccsc1. The lowest BCUT2D eigenvalue weighted by atomic mass is 9.88. The van der Waals surface area contributed by atoms with Gasteiger partial charge in [0.05, 0.1) is 0 Å². The number of rotatable bonds is 3. The first-order chi connectivity index (χ1) is 7.18. The molecular weight excluding hydrogens is 202 g/mol. The minimum atomic E-state index is -0.263. The molecule has 0 saturated carbocycles. The van der Waals surface area contributed by atoms with Crippen molar-refractivity contribution >= 4 is 11.3 Å². The molecule has 0 saturated heterocycles. The molecule has 1 unspecified atom stereocenters. The summed E-state index contributed by atoms with van der Waals surface area (Å²) >= 11 is 1.70. The summed E-state index contributed by atoms with van der Waals surface area (Å²) in [6.07, 6.45) is 0.880. The van der Waals surface area contributed by atoms with Gasteiger partial charge in [-0.1, -0.05) is 30.3 Å². The number of hydrogen-bond donors (Lipinski definition) is 1. The van der Waals surface area contributed by atoms with Gasteiger partial charge in [-0.15, -0.1) is 0 Å². The summed E-state index contributed by atoms with van der Waals surface area (Å²) in [6, 6.07) is 12.5. The third-order valence-electron chi connectivity index (χ3n) is 2.59. The molecule has 2 rings (SSSR count). The van der Waals surface area contributed by atoms with Crippen molar-refractivity contribution in [1.29, 1.82) is 0 Å². The first kappa shape index (κ1) is 10.4. The Morgan fingerprint density at radius 1 is 1.20 bits per heavy atom. The van der Waals surface area contributed by atoms with Crippen LogP contribution in [0.15, 0.2) is 47.2 Å². The molecule has 1 heterocycles. The Morgan fingerprint density at radius 2 is 1.93 bits per heavy atom. The van der Waals surface area contributed by atoms with Crippen LogP contribution in [0.5, 0.6) is 0 Å². The van der Waals surface area contributed by atoms with Crippen molar-refractivity contribution in [2.24, 2.45) is 5.73 Å². The molecule has 0 radical (unpaired) electrons. The highest BCUT2D eigenvalue weighted by Crippen LogP contribution is 2.24. The van der Waals surface area contributed by atoms with E-state index in [1.54, 1.807) is 11.3 Å². The first-order valence-electron chi connectivity index (χ1n) is 5.04. The maximum absolute atomic E-state index is 6.32. The van der Waals surface area contributed by atoms with E-state index in [2.05, 4.69) is 48.0 Å². The van der Waals surface area contributed by atoms with Gasteiger partial charge in [-0.05, 0) is 41.3 Å². The van der Waals surface area contributed by atoms with Crippen LogP contribution in [-0.4, -0.2) is 0 Å². The maximum Gasteiger partial charge on any atom is 0.0430 e. The van der Waals surface area contributed by atoms with Gasteiger partial charge < -0.3 is 5.73 Å². The molecule has 1 aromatic carbocycles. The van der Waals surface area contributed by atoms with Gasteiger partial charge in [0.25, 0.3) is 0 Å². The summed E-state index contributed by atoms with van der Waals surface area (Å²) < 4.78 is 0. The van der Waals surface area contributed by atoms with Crippen molar-refractivity contribution in [2.45, 2.75) is 18.9 Å². The number of nitrogens with two attached hydrogens (primary N) is 1. The summed E-state index contributed by atoms with van der Waals surface area (Å²) in [4.78, 5) is 0. The van der Waals surface area contributed by atoms with Crippen LogP contribution in [-0.2, 0) is 12.0 Å². The fourth-order valence-electron chi connectivity index (χ4n) is 1.71. The van der Waals surface area contributed by atoms with Gasteiger partial charge in [0.15, 0.2) is 0 Å². The molecule has 2 N–H and O–H groups in total. The highest BCUT2D eigenvalue weighted by atomic mass is 32.1. The first-order valence-corrected chi connectivity index (χ1v) is 5.98. The molecule has 2 heteroatoms. The molecule has 1 nitrogen and oxygen atoms in total. The maximum atomic E-state index is 6.32. The monoisotopic (exact) mass is 217 g/mol. The molecule has 78 valence electrons. The topological polar surface area (TPSA) is 26.0 Å². The molecule has 0 aliphatic heterocycles. The van der Waals surface area contributed by atoms with Gasteiger partial charge in [0.1, 0.15) is 0 Å². The molecule has 1 aromatic heterocycles. The van der Waals surface area contributed by atoms with E-state index < -0.39 is 0 Å². The smallest absolute Gasteiger partial charge is 0.0430 e. The lowest BCUT2D eigenvalue weighted by Crippen LogP contribution is -2.34. The van der Waals surface area contributed by atoms with Gasteiger partial charge in [-0.2, -0.15) is 11.3 Å². The van der Waals surface area contributed by atoms with Crippen LogP contribution in [0.1, 0.15) is 18.1 Å². The predicted molar refractivity (Wildman–Crippen MR) is 66.0 cm³/mol.